The molecule has 0 unspecified atom stereocenters. The molecular weight excluding hydrogens is 352 g/mol. The van der Waals surface area contributed by atoms with E-state index in [1.54, 1.807) is 19.3 Å². The average molecular weight is 368 g/mol. The fraction of sp³-hybridized carbons (Fsp3) is 0.0952. The number of fused-ring (bicyclic) bond motifs is 1. The van der Waals surface area contributed by atoms with Gasteiger partial charge in [-0.05, 0) is 35.9 Å². The predicted octanol–water partition coefficient (Wildman–Crippen LogP) is 3.90. The van der Waals surface area contributed by atoms with Crippen molar-refractivity contribution in [3.63, 3.8) is 0 Å². The molecule has 0 saturated heterocycles. The van der Waals surface area contributed by atoms with E-state index in [9.17, 15) is 0 Å². The second-order valence-corrected chi connectivity index (χ2v) is 6.50. The van der Waals surface area contributed by atoms with Gasteiger partial charge in [-0.3, -0.25) is 15.0 Å². The van der Waals surface area contributed by atoms with Gasteiger partial charge in [0.25, 0.3) is 0 Å². The molecule has 28 heavy (non-hydrogen) atoms. The summed E-state index contributed by atoms with van der Waals surface area (Å²) in [6.07, 6.45) is 9.33. The minimum Gasteiger partial charge on any atom is -0.343 e. The van der Waals surface area contributed by atoms with E-state index >= 15 is 0 Å². The van der Waals surface area contributed by atoms with Crippen molar-refractivity contribution in [3.8, 4) is 22.8 Å². The maximum absolute atomic E-state index is 5.08. The fourth-order valence-electron chi connectivity index (χ4n) is 3.18. The van der Waals surface area contributed by atoms with Crippen molar-refractivity contribution in [1.29, 1.82) is 0 Å². The standard InChI is InChI=1S/C21H16N6O/c1-14-25-21(26-28-14)16-4-7-23-18(9-16)19-10-20-17(12-24-19)5-8-27(20)13-15-3-2-6-22-11-15/h2-12H,13H2,1H3. The third-order valence-corrected chi connectivity index (χ3v) is 4.54. The van der Waals surface area contributed by atoms with Gasteiger partial charge < -0.3 is 9.09 Å². The van der Waals surface area contributed by atoms with E-state index < -0.39 is 0 Å². The first-order chi connectivity index (χ1) is 13.8. The van der Waals surface area contributed by atoms with Gasteiger partial charge in [-0.25, -0.2) is 0 Å². The number of aromatic nitrogens is 6. The van der Waals surface area contributed by atoms with E-state index in [-0.39, 0.29) is 0 Å². The van der Waals surface area contributed by atoms with Crippen LogP contribution in [-0.4, -0.2) is 29.7 Å². The molecule has 0 aliphatic carbocycles. The fourth-order valence-corrected chi connectivity index (χ4v) is 3.18. The second kappa shape index (κ2) is 6.70. The summed E-state index contributed by atoms with van der Waals surface area (Å²) in [6.45, 7) is 2.51. The van der Waals surface area contributed by atoms with Gasteiger partial charge in [0.15, 0.2) is 0 Å². The molecule has 0 aliphatic rings. The van der Waals surface area contributed by atoms with Gasteiger partial charge in [-0.15, -0.1) is 0 Å². The summed E-state index contributed by atoms with van der Waals surface area (Å²) in [6, 6.07) is 11.9. The van der Waals surface area contributed by atoms with E-state index in [0.717, 1.165) is 40.0 Å². The van der Waals surface area contributed by atoms with Gasteiger partial charge in [-0.2, -0.15) is 4.98 Å². The highest BCUT2D eigenvalue weighted by atomic mass is 16.5. The average Bonchev–Trinajstić information content (AvgIpc) is 3.35. The van der Waals surface area contributed by atoms with E-state index in [0.29, 0.717) is 11.7 Å². The number of hydrogen-bond donors (Lipinski definition) is 0. The number of pyridine rings is 3. The Bertz CT molecular complexity index is 1260. The zero-order valence-corrected chi connectivity index (χ0v) is 15.1. The lowest BCUT2D eigenvalue weighted by Gasteiger charge is -2.07. The Balaban J connectivity index is 1.54. The number of nitrogens with zero attached hydrogens (tertiary/aromatic N) is 6. The molecule has 5 heterocycles. The lowest BCUT2D eigenvalue weighted by molar-refractivity contribution is 0.394. The largest absolute Gasteiger partial charge is 0.343 e. The summed E-state index contributed by atoms with van der Waals surface area (Å²) in [5, 5.41) is 5.06. The molecule has 5 aromatic heterocycles. The Labute approximate surface area is 160 Å². The molecule has 5 rings (SSSR count). The summed E-state index contributed by atoms with van der Waals surface area (Å²) in [5.74, 6) is 1.07. The van der Waals surface area contributed by atoms with Crippen LogP contribution in [0.25, 0.3) is 33.7 Å². The van der Waals surface area contributed by atoms with Crippen LogP contribution in [0.4, 0.5) is 0 Å². The van der Waals surface area contributed by atoms with Gasteiger partial charge in [-0.1, -0.05) is 11.2 Å². The molecule has 0 amide bonds. The van der Waals surface area contributed by atoms with Crippen LogP contribution >= 0.6 is 0 Å². The molecular formula is C21H16N6O. The van der Waals surface area contributed by atoms with Gasteiger partial charge in [0.2, 0.25) is 11.7 Å². The Kier molecular flexibility index (Phi) is 3.90. The first kappa shape index (κ1) is 16.3. The lowest BCUT2D eigenvalue weighted by Crippen LogP contribution is -1.98. The van der Waals surface area contributed by atoms with Crippen molar-refractivity contribution in [2.75, 3.05) is 0 Å². The molecule has 0 aromatic carbocycles. The highest BCUT2D eigenvalue weighted by Crippen LogP contribution is 2.25. The smallest absolute Gasteiger partial charge is 0.223 e. The number of hydrogen-bond acceptors (Lipinski definition) is 6. The van der Waals surface area contributed by atoms with E-state index in [1.165, 1.54) is 0 Å². The Morgan fingerprint density at radius 1 is 1.00 bits per heavy atom. The molecule has 0 saturated carbocycles. The molecule has 0 radical (unpaired) electrons. The van der Waals surface area contributed by atoms with Crippen LogP contribution in [0.3, 0.4) is 0 Å². The van der Waals surface area contributed by atoms with Crippen LogP contribution in [0, 0.1) is 6.92 Å². The molecule has 0 aliphatic heterocycles. The maximum atomic E-state index is 5.08. The van der Waals surface area contributed by atoms with Crippen LogP contribution in [-0.2, 0) is 6.54 Å². The van der Waals surface area contributed by atoms with Crippen molar-refractivity contribution in [3.05, 3.63) is 78.8 Å². The minimum atomic E-state index is 0.529. The quantitative estimate of drug-likeness (QED) is 0.478. The molecule has 0 atom stereocenters. The Hall–Kier alpha value is -3.87. The SMILES string of the molecule is Cc1nc(-c2ccnc(-c3cc4c(ccn4Cc4cccnc4)cn3)c2)no1. The Morgan fingerprint density at radius 3 is 2.75 bits per heavy atom. The van der Waals surface area contributed by atoms with Crippen molar-refractivity contribution >= 4 is 10.9 Å². The number of rotatable bonds is 4. The molecule has 0 N–H and O–H groups in total. The van der Waals surface area contributed by atoms with Crippen molar-refractivity contribution in [1.82, 2.24) is 29.7 Å². The third-order valence-electron chi connectivity index (χ3n) is 4.54. The first-order valence-corrected chi connectivity index (χ1v) is 8.87. The monoisotopic (exact) mass is 368 g/mol. The molecule has 7 heteroatoms. The van der Waals surface area contributed by atoms with E-state index in [1.807, 2.05) is 30.6 Å². The summed E-state index contributed by atoms with van der Waals surface area (Å²) >= 11 is 0. The molecule has 0 fully saturated rings. The minimum absolute atomic E-state index is 0.529. The van der Waals surface area contributed by atoms with Gasteiger partial charge in [0.05, 0.1) is 16.9 Å². The maximum Gasteiger partial charge on any atom is 0.223 e. The first-order valence-electron chi connectivity index (χ1n) is 8.87. The van der Waals surface area contributed by atoms with Crippen LogP contribution in [0.15, 0.2) is 71.9 Å². The normalized spacial score (nSPS) is 11.2. The summed E-state index contributed by atoms with van der Waals surface area (Å²) in [4.78, 5) is 17.5. The van der Waals surface area contributed by atoms with Crippen LogP contribution < -0.4 is 0 Å². The van der Waals surface area contributed by atoms with Gasteiger partial charge in [0, 0.05) is 55.4 Å². The highest BCUT2D eigenvalue weighted by molar-refractivity contribution is 5.83. The predicted molar refractivity (Wildman–Crippen MR) is 104 cm³/mol. The van der Waals surface area contributed by atoms with Crippen LogP contribution in [0.1, 0.15) is 11.5 Å². The third kappa shape index (κ3) is 3.03. The lowest BCUT2D eigenvalue weighted by atomic mass is 10.1. The summed E-state index contributed by atoms with van der Waals surface area (Å²) in [5.41, 5.74) is 4.63. The molecule has 7 nitrogen and oxygen atoms in total. The zero-order chi connectivity index (χ0) is 18.9. The van der Waals surface area contributed by atoms with Crippen LogP contribution in [0.2, 0.25) is 0 Å². The van der Waals surface area contributed by atoms with Crippen molar-refractivity contribution < 1.29 is 4.52 Å². The van der Waals surface area contributed by atoms with E-state index in [4.69, 9.17) is 4.52 Å². The second-order valence-electron chi connectivity index (χ2n) is 6.50. The zero-order valence-electron chi connectivity index (χ0n) is 15.1. The highest BCUT2D eigenvalue weighted by Gasteiger charge is 2.11. The van der Waals surface area contributed by atoms with Crippen molar-refractivity contribution in [2.45, 2.75) is 13.5 Å². The topological polar surface area (TPSA) is 82.5 Å². The molecule has 0 bridgehead atoms. The van der Waals surface area contributed by atoms with Gasteiger partial charge >= 0.3 is 0 Å². The number of aryl methyl sites for hydroxylation is 1. The summed E-state index contributed by atoms with van der Waals surface area (Å²) < 4.78 is 7.26. The van der Waals surface area contributed by atoms with Crippen LogP contribution in [0.5, 0.6) is 0 Å². The van der Waals surface area contributed by atoms with Crippen molar-refractivity contribution in [2.24, 2.45) is 0 Å². The molecule has 0 spiro atoms. The van der Waals surface area contributed by atoms with Gasteiger partial charge in [0.1, 0.15) is 0 Å². The molecule has 5 aromatic rings. The summed E-state index contributed by atoms with van der Waals surface area (Å²) in [7, 11) is 0. The molecule has 136 valence electrons. The Morgan fingerprint density at radius 2 is 1.93 bits per heavy atom. The van der Waals surface area contributed by atoms with E-state index in [2.05, 4.69) is 54.1 Å².